The van der Waals surface area contributed by atoms with Crippen molar-refractivity contribution in [2.24, 2.45) is 5.92 Å². The summed E-state index contributed by atoms with van der Waals surface area (Å²) in [5.74, 6) is 0.874. The maximum atomic E-state index is 12.8. The molecule has 0 aromatic heterocycles. The second kappa shape index (κ2) is 10.6. The van der Waals surface area contributed by atoms with Gasteiger partial charge in [0.1, 0.15) is 23.4 Å². The monoisotopic (exact) mass is 500 g/mol. The van der Waals surface area contributed by atoms with Gasteiger partial charge in [-0.05, 0) is 77.7 Å². The first kappa shape index (κ1) is 26.7. The van der Waals surface area contributed by atoms with E-state index in [0.717, 1.165) is 18.4 Å². The molecule has 1 aromatic carbocycles. The van der Waals surface area contributed by atoms with Crippen molar-refractivity contribution in [2.45, 2.75) is 89.5 Å². The Morgan fingerprint density at radius 2 is 1.97 bits per heavy atom. The molecule has 2 aliphatic heterocycles. The minimum absolute atomic E-state index is 0.00106. The highest BCUT2D eigenvalue weighted by Gasteiger charge is 2.72. The van der Waals surface area contributed by atoms with Crippen LogP contribution in [0.4, 0.5) is 0 Å². The van der Waals surface area contributed by atoms with Gasteiger partial charge in [0.05, 0.1) is 31.8 Å². The van der Waals surface area contributed by atoms with Crippen molar-refractivity contribution in [1.29, 1.82) is 0 Å². The summed E-state index contributed by atoms with van der Waals surface area (Å²) in [6, 6.07) is 5.56. The highest BCUT2D eigenvalue weighted by Crippen LogP contribution is 2.59. The molecule has 6 atom stereocenters. The van der Waals surface area contributed by atoms with E-state index in [1.807, 2.05) is 32.0 Å². The summed E-state index contributed by atoms with van der Waals surface area (Å²) in [6.07, 6.45) is 7.24. The van der Waals surface area contributed by atoms with Crippen molar-refractivity contribution in [1.82, 2.24) is 0 Å². The molecule has 7 nitrogen and oxygen atoms in total. The predicted octanol–water partition coefficient (Wildman–Crippen LogP) is 5.12. The molecule has 1 spiro atoms. The first-order chi connectivity index (χ1) is 17.1. The lowest BCUT2D eigenvalue weighted by molar-refractivity contribution is -0.166. The SMILES string of the molecule is COc1cc(/C=C/C(=O)O[C@@H]2CC[C@]3(CO3)[C@@H](C3(C)O[C@H]3CC=C(C)C)[C@@H]2OC)ccc1OC(C)C. The van der Waals surface area contributed by atoms with Gasteiger partial charge in [-0.3, -0.25) is 0 Å². The summed E-state index contributed by atoms with van der Waals surface area (Å²) in [5, 5.41) is 0. The highest BCUT2D eigenvalue weighted by atomic mass is 16.6. The van der Waals surface area contributed by atoms with Gasteiger partial charge in [0.25, 0.3) is 0 Å². The highest BCUT2D eigenvalue weighted by molar-refractivity contribution is 5.87. The lowest BCUT2D eigenvalue weighted by atomic mass is 9.68. The molecular formula is C29H40O7. The van der Waals surface area contributed by atoms with Gasteiger partial charge in [-0.2, -0.15) is 0 Å². The lowest BCUT2D eigenvalue weighted by Gasteiger charge is -2.42. The summed E-state index contributed by atoms with van der Waals surface area (Å²) >= 11 is 0. The maximum Gasteiger partial charge on any atom is 0.331 e. The average molecular weight is 501 g/mol. The maximum absolute atomic E-state index is 12.8. The molecule has 0 radical (unpaired) electrons. The van der Waals surface area contributed by atoms with E-state index in [9.17, 15) is 4.79 Å². The Kier molecular flexibility index (Phi) is 7.83. The zero-order valence-electron chi connectivity index (χ0n) is 22.5. The summed E-state index contributed by atoms with van der Waals surface area (Å²) < 4.78 is 35.3. The fraction of sp³-hybridized carbons (Fsp3) is 0.621. The van der Waals surface area contributed by atoms with Crippen molar-refractivity contribution < 1.29 is 33.2 Å². The van der Waals surface area contributed by atoms with Crippen LogP contribution in [0.25, 0.3) is 6.08 Å². The smallest absolute Gasteiger partial charge is 0.331 e. The predicted molar refractivity (Wildman–Crippen MR) is 137 cm³/mol. The fourth-order valence-electron chi connectivity index (χ4n) is 5.56. The lowest BCUT2D eigenvalue weighted by Crippen LogP contribution is -2.55. The van der Waals surface area contributed by atoms with Crippen molar-refractivity contribution in [3.05, 3.63) is 41.5 Å². The van der Waals surface area contributed by atoms with Gasteiger partial charge in [-0.1, -0.05) is 17.7 Å². The molecule has 1 saturated carbocycles. The van der Waals surface area contributed by atoms with E-state index in [4.69, 9.17) is 28.4 Å². The van der Waals surface area contributed by atoms with Crippen LogP contribution in [0.2, 0.25) is 0 Å². The Morgan fingerprint density at radius 3 is 2.58 bits per heavy atom. The van der Waals surface area contributed by atoms with Gasteiger partial charge < -0.3 is 28.4 Å². The molecular weight excluding hydrogens is 460 g/mol. The Balaban J connectivity index is 1.43. The van der Waals surface area contributed by atoms with Crippen LogP contribution in [0.5, 0.6) is 11.5 Å². The van der Waals surface area contributed by atoms with Crippen molar-refractivity contribution in [3.63, 3.8) is 0 Å². The molecule has 0 bridgehead atoms. The number of rotatable bonds is 10. The van der Waals surface area contributed by atoms with E-state index in [0.29, 0.717) is 24.5 Å². The first-order valence-corrected chi connectivity index (χ1v) is 12.8. The van der Waals surface area contributed by atoms with Gasteiger partial charge in [0.15, 0.2) is 11.5 Å². The summed E-state index contributed by atoms with van der Waals surface area (Å²) in [6.45, 7) is 10.9. The Bertz CT molecular complexity index is 1000. The molecule has 2 heterocycles. The molecule has 4 rings (SSSR count). The summed E-state index contributed by atoms with van der Waals surface area (Å²) in [4.78, 5) is 12.8. The van der Waals surface area contributed by atoms with Crippen molar-refractivity contribution in [3.8, 4) is 11.5 Å². The quantitative estimate of drug-likeness (QED) is 0.191. The summed E-state index contributed by atoms with van der Waals surface area (Å²) in [5.41, 5.74) is 1.48. The van der Waals surface area contributed by atoms with Crippen LogP contribution in [0.1, 0.15) is 59.4 Å². The topological polar surface area (TPSA) is 79.1 Å². The van der Waals surface area contributed by atoms with Gasteiger partial charge >= 0.3 is 5.97 Å². The van der Waals surface area contributed by atoms with E-state index in [1.165, 1.54) is 11.6 Å². The van der Waals surface area contributed by atoms with Crippen LogP contribution >= 0.6 is 0 Å². The van der Waals surface area contributed by atoms with Crippen molar-refractivity contribution in [2.75, 3.05) is 20.8 Å². The molecule has 7 heteroatoms. The Hall–Kier alpha value is -2.35. The first-order valence-electron chi connectivity index (χ1n) is 12.8. The molecule has 2 saturated heterocycles. The third-order valence-corrected chi connectivity index (χ3v) is 7.47. The van der Waals surface area contributed by atoms with Crippen LogP contribution in [0.3, 0.4) is 0 Å². The normalized spacial score (nSPS) is 33.0. The van der Waals surface area contributed by atoms with Crippen LogP contribution in [0.15, 0.2) is 35.9 Å². The standard InChI is InChI=1S/C29H40O7/c1-18(2)8-12-24-28(5,36-24)27-26(32-7)22(14-15-29(27)17-33-29)35-25(30)13-10-20-9-11-21(34-19(3)4)23(16-20)31-6/h8-11,13,16,19,22,24,26-27H,12,14-15,17H2,1-7H3/b13-10+/t22-,24+,26-,27-,28?,29+/m1/s1. The largest absolute Gasteiger partial charge is 0.493 e. The van der Waals surface area contributed by atoms with E-state index in [2.05, 4.69) is 26.8 Å². The van der Waals surface area contributed by atoms with Gasteiger partial charge in [-0.15, -0.1) is 0 Å². The molecule has 36 heavy (non-hydrogen) atoms. The third kappa shape index (κ3) is 5.63. The minimum Gasteiger partial charge on any atom is -0.493 e. The van der Waals surface area contributed by atoms with E-state index in [-0.39, 0.29) is 41.5 Å². The van der Waals surface area contributed by atoms with E-state index < -0.39 is 5.97 Å². The van der Waals surface area contributed by atoms with Crippen LogP contribution in [-0.4, -0.2) is 62.4 Å². The van der Waals surface area contributed by atoms with Crippen LogP contribution in [0, 0.1) is 5.92 Å². The molecule has 198 valence electrons. The third-order valence-electron chi connectivity index (χ3n) is 7.47. The number of carbonyl (C=O) groups is 1. The Labute approximate surface area is 214 Å². The molecule has 1 aliphatic carbocycles. The van der Waals surface area contributed by atoms with Crippen molar-refractivity contribution >= 4 is 12.0 Å². The number of esters is 1. The van der Waals surface area contributed by atoms with Gasteiger partial charge in [0.2, 0.25) is 0 Å². The average Bonchev–Trinajstić information content (AvgIpc) is 3.74. The second-order valence-corrected chi connectivity index (χ2v) is 10.8. The number of carbonyl (C=O) groups excluding carboxylic acids is 1. The molecule has 3 fully saturated rings. The number of allylic oxidation sites excluding steroid dienone is 1. The molecule has 1 aromatic rings. The van der Waals surface area contributed by atoms with Crippen LogP contribution in [-0.2, 0) is 23.7 Å². The van der Waals surface area contributed by atoms with Gasteiger partial charge in [-0.25, -0.2) is 4.79 Å². The van der Waals surface area contributed by atoms with E-state index in [1.54, 1.807) is 20.3 Å². The molecule has 3 aliphatic rings. The fourth-order valence-corrected chi connectivity index (χ4v) is 5.56. The number of epoxide rings is 2. The number of ether oxygens (including phenoxy) is 6. The zero-order valence-corrected chi connectivity index (χ0v) is 22.5. The molecule has 0 amide bonds. The van der Waals surface area contributed by atoms with E-state index >= 15 is 0 Å². The second-order valence-electron chi connectivity index (χ2n) is 10.8. The van der Waals surface area contributed by atoms with Crippen LogP contribution < -0.4 is 9.47 Å². The number of hydrogen-bond acceptors (Lipinski definition) is 7. The summed E-state index contributed by atoms with van der Waals surface area (Å²) in [7, 11) is 3.28. The molecule has 1 unspecified atom stereocenters. The zero-order chi connectivity index (χ0) is 26.1. The van der Waals surface area contributed by atoms with Gasteiger partial charge in [0, 0.05) is 13.2 Å². The Morgan fingerprint density at radius 1 is 1.22 bits per heavy atom. The number of methoxy groups -OCH3 is 2. The number of benzene rings is 1. The molecule has 0 N–H and O–H groups in total. The minimum atomic E-state index is -0.405. The number of hydrogen-bond donors (Lipinski definition) is 0.